The van der Waals surface area contributed by atoms with Gasteiger partial charge in [0.25, 0.3) is 5.91 Å². The Morgan fingerprint density at radius 2 is 2.13 bits per heavy atom. The van der Waals surface area contributed by atoms with E-state index in [1.165, 1.54) is 11.3 Å². The molecular weight excluding hydrogens is 312 g/mol. The molecule has 1 aliphatic rings. The second-order valence-electron chi connectivity index (χ2n) is 5.83. The summed E-state index contributed by atoms with van der Waals surface area (Å²) >= 11 is 1.45. The van der Waals surface area contributed by atoms with Crippen LogP contribution in [0.3, 0.4) is 0 Å². The Bertz CT molecular complexity index is 739. The molecule has 0 saturated heterocycles. The Morgan fingerprint density at radius 3 is 2.78 bits per heavy atom. The van der Waals surface area contributed by atoms with Crippen molar-refractivity contribution in [2.75, 3.05) is 6.79 Å². The maximum absolute atomic E-state index is 12.9. The Labute approximate surface area is 139 Å². The lowest BCUT2D eigenvalue weighted by Gasteiger charge is -2.27. The molecule has 23 heavy (non-hydrogen) atoms. The molecule has 0 atom stereocenters. The van der Waals surface area contributed by atoms with Crippen molar-refractivity contribution in [3.8, 4) is 11.5 Å². The van der Waals surface area contributed by atoms with E-state index >= 15 is 0 Å². The Balaban J connectivity index is 1.90. The highest BCUT2D eigenvalue weighted by atomic mass is 32.1. The summed E-state index contributed by atoms with van der Waals surface area (Å²) in [6.45, 7) is 8.55. The molecule has 0 aliphatic carbocycles. The van der Waals surface area contributed by atoms with Gasteiger partial charge in [0.15, 0.2) is 11.5 Å². The van der Waals surface area contributed by atoms with Gasteiger partial charge >= 0.3 is 0 Å². The number of thiazole rings is 1. The van der Waals surface area contributed by atoms with Crippen LogP contribution in [0.2, 0.25) is 0 Å². The molecule has 0 spiro atoms. The zero-order valence-corrected chi connectivity index (χ0v) is 14.6. The first kappa shape index (κ1) is 15.8. The van der Waals surface area contributed by atoms with Gasteiger partial charge in [-0.2, -0.15) is 0 Å². The van der Waals surface area contributed by atoms with Crippen molar-refractivity contribution in [3.63, 3.8) is 0 Å². The number of rotatable bonds is 4. The van der Waals surface area contributed by atoms with Gasteiger partial charge in [-0.25, -0.2) is 4.98 Å². The minimum Gasteiger partial charge on any atom is -0.454 e. The fraction of sp³-hybridized carbons (Fsp3) is 0.412. The predicted molar refractivity (Wildman–Crippen MR) is 89.2 cm³/mol. The first-order valence-corrected chi connectivity index (χ1v) is 8.41. The van der Waals surface area contributed by atoms with Crippen LogP contribution in [0, 0.1) is 13.8 Å². The van der Waals surface area contributed by atoms with Crippen LogP contribution < -0.4 is 9.47 Å². The molecule has 0 unspecified atom stereocenters. The lowest BCUT2D eigenvalue weighted by Crippen LogP contribution is -2.36. The number of benzene rings is 1. The summed E-state index contributed by atoms with van der Waals surface area (Å²) < 4.78 is 11.0. The molecular formula is C17H20N2O3S. The number of carbonyl (C=O) groups is 1. The van der Waals surface area contributed by atoms with Gasteiger partial charge in [0, 0.05) is 11.6 Å². The molecule has 6 heteroatoms. The maximum atomic E-state index is 12.9. The second-order valence-corrected chi connectivity index (χ2v) is 7.03. The second kappa shape index (κ2) is 6.20. The number of aryl methyl sites for hydroxylation is 2. The predicted octanol–water partition coefficient (Wildman–Crippen LogP) is 3.54. The van der Waals surface area contributed by atoms with Crippen LogP contribution in [-0.4, -0.2) is 28.6 Å². The minimum atomic E-state index is 0.0135. The number of nitrogens with zero attached hydrogens (tertiary/aromatic N) is 2. The highest BCUT2D eigenvalue weighted by Crippen LogP contribution is 2.36. The number of aromatic nitrogens is 1. The van der Waals surface area contributed by atoms with E-state index in [9.17, 15) is 4.79 Å². The van der Waals surface area contributed by atoms with Crippen LogP contribution in [0.1, 0.15) is 39.8 Å². The van der Waals surface area contributed by atoms with Crippen molar-refractivity contribution in [2.24, 2.45) is 0 Å². The van der Waals surface area contributed by atoms with E-state index in [-0.39, 0.29) is 18.7 Å². The molecule has 0 fully saturated rings. The number of hydrogen-bond donors (Lipinski definition) is 0. The fourth-order valence-corrected chi connectivity index (χ4v) is 3.52. The summed E-state index contributed by atoms with van der Waals surface area (Å²) in [5, 5.41) is 0.909. The van der Waals surface area contributed by atoms with E-state index in [1.54, 1.807) is 0 Å². The third kappa shape index (κ3) is 3.03. The number of hydrogen-bond acceptors (Lipinski definition) is 5. The van der Waals surface area contributed by atoms with E-state index in [2.05, 4.69) is 4.98 Å². The number of ether oxygens (including phenoxy) is 2. The lowest BCUT2D eigenvalue weighted by atomic mass is 10.1. The van der Waals surface area contributed by atoms with Crippen LogP contribution >= 0.6 is 11.3 Å². The average Bonchev–Trinajstić information content (AvgIpc) is 3.10. The molecule has 1 amide bonds. The number of fused-ring (bicyclic) bond motifs is 1. The first-order chi connectivity index (χ1) is 11.0. The number of para-hydroxylation sites is 1. The Hall–Kier alpha value is -2.08. The van der Waals surface area contributed by atoms with Crippen molar-refractivity contribution in [1.82, 2.24) is 9.88 Å². The minimum absolute atomic E-state index is 0.0135. The van der Waals surface area contributed by atoms with Gasteiger partial charge in [-0.3, -0.25) is 4.79 Å². The average molecular weight is 332 g/mol. The van der Waals surface area contributed by atoms with E-state index < -0.39 is 0 Å². The molecule has 2 aromatic rings. The summed E-state index contributed by atoms with van der Waals surface area (Å²) in [5.74, 6) is 1.49. The molecule has 1 aromatic carbocycles. The third-order valence-electron chi connectivity index (χ3n) is 3.80. The van der Waals surface area contributed by atoms with Crippen molar-refractivity contribution in [1.29, 1.82) is 0 Å². The van der Waals surface area contributed by atoms with Crippen LogP contribution in [0.4, 0.5) is 0 Å². The van der Waals surface area contributed by atoms with E-state index in [0.29, 0.717) is 11.4 Å². The maximum Gasteiger partial charge on any atom is 0.266 e. The zero-order chi connectivity index (χ0) is 16.6. The van der Waals surface area contributed by atoms with Gasteiger partial charge in [0.1, 0.15) is 4.88 Å². The molecule has 2 heterocycles. The number of carbonyl (C=O) groups excluding carboxylic acids is 1. The molecule has 0 N–H and O–H groups in total. The summed E-state index contributed by atoms with van der Waals surface area (Å²) in [6, 6.07) is 5.85. The van der Waals surface area contributed by atoms with Gasteiger partial charge in [-0.15, -0.1) is 11.3 Å². The summed E-state index contributed by atoms with van der Waals surface area (Å²) in [6.07, 6.45) is 0. The molecule has 122 valence electrons. The molecule has 3 rings (SSSR count). The summed E-state index contributed by atoms with van der Waals surface area (Å²) in [7, 11) is 0. The smallest absolute Gasteiger partial charge is 0.266 e. The molecule has 1 aromatic heterocycles. The molecule has 0 saturated carbocycles. The quantitative estimate of drug-likeness (QED) is 0.859. The topological polar surface area (TPSA) is 51.7 Å². The van der Waals surface area contributed by atoms with Crippen LogP contribution in [0.25, 0.3) is 0 Å². The zero-order valence-electron chi connectivity index (χ0n) is 13.8. The molecule has 5 nitrogen and oxygen atoms in total. The van der Waals surface area contributed by atoms with E-state index in [0.717, 1.165) is 27.8 Å². The molecule has 0 radical (unpaired) electrons. The lowest BCUT2D eigenvalue weighted by molar-refractivity contribution is 0.0692. The van der Waals surface area contributed by atoms with Crippen LogP contribution in [0.15, 0.2) is 18.2 Å². The van der Waals surface area contributed by atoms with Gasteiger partial charge in [-0.1, -0.05) is 12.1 Å². The Morgan fingerprint density at radius 1 is 1.35 bits per heavy atom. The largest absolute Gasteiger partial charge is 0.454 e. The highest BCUT2D eigenvalue weighted by Gasteiger charge is 2.26. The van der Waals surface area contributed by atoms with E-state index in [1.807, 2.05) is 50.8 Å². The van der Waals surface area contributed by atoms with Gasteiger partial charge < -0.3 is 14.4 Å². The van der Waals surface area contributed by atoms with E-state index in [4.69, 9.17) is 9.47 Å². The standard InChI is InChI=1S/C17H20N2O3S/c1-10(2)19(17(20)16-11(3)18-12(4)23-16)8-13-6-5-7-14-15(13)22-9-21-14/h5-7,10H,8-9H2,1-4H3. The van der Waals surface area contributed by atoms with Crippen molar-refractivity contribution < 1.29 is 14.3 Å². The van der Waals surface area contributed by atoms with Crippen molar-refractivity contribution in [3.05, 3.63) is 39.3 Å². The normalized spacial score (nSPS) is 12.7. The fourth-order valence-electron chi connectivity index (χ4n) is 2.65. The SMILES string of the molecule is Cc1nc(C)c(C(=O)N(Cc2cccc3c2OCO3)C(C)C)s1. The first-order valence-electron chi connectivity index (χ1n) is 7.60. The highest BCUT2D eigenvalue weighted by molar-refractivity contribution is 7.13. The summed E-state index contributed by atoms with van der Waals surface area (Å²) in [5.41, 5.74) is 1.75. The third-order valence-corrected chi connectivity index (χ3v) is 4.86. The summed E-state index contributed by atoms with van der Waals surface area (Å²) in [4.78, 5) is 19.9. The van der Waals surface area contributed by atoms with Crippen molar-refractivity contribution in [2.45, 2.75) is 40.3 Å². The molecule has 0 bridgehead atoms. The molecule has 1 aliphatic heterocycles. The van der Waals surface area contributed by atoms with Gasteiger partial charge in [0.05, 0.1) is 17.2 Å². The monoisotopic (exact) mass is 332 g/mol. The van der Waals surface area contributed by atoms with Crippen LogP contribution in [-0.2, 0) is 6.54 Å². The van der Waals surface area contributed by atoms with Gasteiger partial charge in [0.2, 0.25) is 6.79 Å². The van der Waals surface area contributed by atoms with Gasteiger partial charge in [-0.05, 0) is 33.8 Å². The number of amides is 1. The van der Waals surface area contributed by atoms with Crippen molar-refractivity contribution >= 4 is 17.2 Å². The Kier molecular flexibility index (Phi) is 4.26. The van der Waals surface area contributed by atoms with Crippen LogP contribution in [0.5, 0.6) is 11.5 Å².